The van der Waals surface area contributed by atoms with Crippen molar-refractivity contribution >= 4 is 0 Å². The number of rotatable bonds is 8. The van der Waals surface area contributed by atoms with Crippen LogP contribution in [0, 0.1) is 5.92 Å². The molecule has 0 aromatic heterocycles. The van der Waals surface area contributed by atoms with Crippen LogP contribution in [0.15, 0.2) is 24.3 Å². The molecule has 1 N–H and O–H groups in total. The van der Waals surface area contributed by atoms with Crippen LogP contribution >= 0.6 is 0 Å². The van der Waals surface area contributed by atoms with Crippen molar-refractivity contribution in [2.75, 3.05) is 13.7 Å². The van der Waals surface area contributed by atoms with Crippen LogP contribution in [0.4, 0.5) is 0 Å². The average Bonchev–Trinajstić information content (AvgIpc) is 3.23. The first-order chi connectivity index (χ1) is 8.83. The Morgan fingerprint density at radius 2 is 2.00 bits per heavy atom. The zero-order valence-electron chi connectivity index (χ0n) is 11.6. The summed E-state index contributed by atoms with van der Waals surface area (Å²) in [6.45, 7) is 2.94. The Bertz CT molecular complexity index is 343. The zero-order valence-corrected chi connectivity index (χ0v) is 11.6. The number of hydrogen-bond donors (Lipinski definition) is 1. The summed E-state index contributed by atoms with van der Waals surface area (Å²) < 4.78 is 5.59. The Morgan fingerprint density at radius 1 is 1.28 bits per heavy atom. The lowest BCUT2D eigenvalue weighted by Crippen LogP contribution is -2.27. The van der Waals surface area contributed by atoms with Crippen LogP contribution in [0.25, 0.3) is 0 Å². The highest BCUT2D eigenvalue weighted by Crippen LogP contribution is 2.34. The van der Waals surface area contributed by atoms with Crippen LogP contribution in [0.1, 0.15) is 38.2 Å². The largest absolute Gasteiger partial charge is 0.494 e. The quantitative estimate of drug-likeness (QED) is 0.760. The lowest BCUT2D eigenvalue weighted by molar-refractivity contribution is 0.317. The van der Waals surface area contributed by atoms with Crippen LogP contribution in [-0.2, 0) is 6.42 Å². The number of hydrogen-bond acceptors (Lipinski definition) is 2. The van der Waals surface area contributed by atoms with E-state index in [1.54, 1.807) is 0 Å². The molecule has 1 aromatic carbocycles. The van der Waals surface area contributed by atoms with Crippen LogP contribution < -0.4 is 10.1 Å². The first kappa shape index (κ1) is 13.4. The van der Waals surface area contributed by atoms with Crippen molar-refractivity contribution < 1.29 is 4.74 Å². The molecular formula is C16H25NO. The normalized spacial score (nSPS) is 16.6. The predicted octanol–water partition coefficient (Wildman–Crippen LogP) is 3.41. The molecule has 0 spiro atoms. The minimum absolute atomic E-state index is 0.709. The molecule has 0 saturated heterocycles. The van der Waals surface area contributed by atoms with E-state index in [-0.39, 0.29) is 0 Å². The Kier molecular flexibility index (Phi) is 5.06. The fourth-order valence-electron chi connectivity index (χ4n) is 2.41. The van der Waals surface area contributed by atoms with E-state index in [2.05, 4.69) is 43.6 Å². The summed E-state index contributed by atoms with van der Waals surface area (Å²) in [5.41, 5.74) is 1.42. The monoisotopic (exact) mass is 247 g/mol. The third kappa shape index (κ3) is 4.02. The van der Waals surface area contributed by atoms with Gasteiger partial charge in [-0.2, -0.15) is 0 Å². The van der Waals surface area contributed by atoms with Crippen molar-refractivity contribution in [2.24, 2.45) is 5.92 Å². The first-order valence-corrected chi connectivity index (χ1v) is 7.22. The van der Waals surface area contributed by atoms with E-state index >= 15 is 0 Å². The predicted molar refractivity (Wildman–Crippen MR) is 76.1 cm³/mol. The summed E-state index contributed by atoms with van der Waals surface area (Å²) in [4.78, 5) is 0. The summed E-state index contributed by atoms with van der Waals surface area (Å²) in [7, 11) is 2.09. The first-order valence-electron chi connectivity index (χ1n) is 7.22. The van der Waals surface area contributed by atoms with Crippen molar-refractivity contribution in [3.63, 3.8) is 0 Å². The number of ether oxygens (including phenoxy) is 1. The molecular weight excluding hydrogens is 222 g/mol. The van der Waals surface area contributed by atoms with Crippen molar-refractivity contribution in [3.8, 4) is 5.75 Å². The maximum Gasteiger partial charge on any atom is 0.119 e. The highest BCUT2D eigenvalue weighted by Gasteiger charge is 2.29. The molecule has 0 radical (unpaired) electrons. The van der Waals surface area contributed by atoms with Gasteiger partial charge >= 0.3 is 0 Å². The van der Waals surface area contributed by atoms with Crippen molar-refractivity contribution in [3.05, 3.63) is 29.8 Å². The van der Waals surface area contributed by atoms with E-state index in [1.165, 1.54) is 24.8 Å². The topological polar surface area (TPSA) is 21.3 Å². The highest BCUT2D eigenvalue weighted by molar-refractivity contribution is 5.27. The second-order valence-corrected chi connectivity index (χ2v) is 5.26. The molecule has 2 nitrogen and oxygen atoms in total. The molecule has 1 atom stereocenters. The molecule has 100 valence electrons. The summed E-state index contributed by atoms with van der Waals surface area (Å²) in [5.74, 6) is 1.93. The van der Waals surface area contributed by atoms with Gasteiger partial charge in [0.25, 0.3) is 0 Å². The molecule has 1 aromatic rings. The van der Waals surface area contributed by atoms with E-state index in [4.69, 9.17) is 4.74 Å². The third-order valence-corrected chi connectivity index (χ3v) is 3.70. The third-order valence-electron chi connectivity index (χ3n) is 3.70. The van der Waals surface area contributed by atoms with Gasteiger partial charge in [0.05, 0.1) is 6.61 Å². The smallest absolute Gasteiger partial charge is 0.119 e. The molecule has 1 unspecified atom stereocenters. The summed E-state index contributed by atoms with van der Waals surface area (Å²) in [6, 6.07) is 9.29. The number of benzene rings is 1. The molecule has 18 heavy (non-hydrogen) atoms. The fraction of sp³-hybridized carbons (Fsp3) is 0.625. The maximum absolute atomic E-state index is 5.59. The van der Waals surface area contributed by atoms with Gasteiger partial charge in [0, 0.05) is 6.04 Å². The van der Waals surface area contributed by atoms with E-state index in [0.29, 0.717) is 6.04 Å². The SMILES string of the molecule is CCCOc1ccc(CCC(NC)C2CC2)cc1. The summed E-state index contributed by atoms with van der Waals surface area (Å²) >= 11 is 0. The Morgan fingerprint density at radius 3 is 2.56 bits per heavy atom. The molecule has 1 aliphatic rings. The van der Waals surface area contributed by atoms with Crippen LogP contribution in [0.3, 0.4) is 0 Å². The van der Waals surface area contributed by atoms with Gasteiger partial charge in [-0.15, -0.1) is 0 Å². The Labute approximate surface area is 111 Å². The molecule has 1 saturated carbocycles. The van der Waals surface area contributed by atoms with Gasteiger partial charge in [-0.1, -0.05) is 19.1 Å². The van der Waals surface area contributed by atoms with Crippen molar-refractivity contribution in [1.29, 1.82) is 0 Å². The van der Waals surface area contributed by atoms with Crippen LogP contribution in [0.2, 0.25) is 0 Å². The van der Waals surface area contributed by atoms with Crippen molar-refractivity contribution in [2.45, 2.75) is 45.1 Å². The van der Waals surface area contributed by atoms with E-state index < -0.39 is 0 Å². The fourth-order valence-corrected chi connectivity index (χ4v) is 2.41. The molecule has 1 fully saturated rings. The minimum Gasteiger partial charge on any atom is -0.494 e. The summed E-state index contributed by atoms with van der Waals surface area (Å²) in [5, 5.41) is 3.45. The molecule has 0 bridgehead atoms. The Hall–Kier alpha value is -1.02. The lowest BCUT2D eigenvalue weighted by Gasteiger charge is -2.15. The molecule has 0 amide bonds. The lowest BCUT2D eigenvalue weighted by atomic mass is 10.0. The van der Waals surface area contributed by atoms with Gasteiger partial charge in [-0.25, -0.2) is 0 Å². The number of aryl methyl sites for hydroxylation is 1. The molecule has 1 aliphatic carbocycles. The van der Waals surface area contributed by atoms with E-state index in [1.807, 2.05) is 0 Å². The Balaban J connectivity index is 1.78. The van der Waals surface area contributed by atoms with Gasteiger partial charge in [-0.05, 0) is 62.8 Å². The van der Waals surface area contributed by atoms with Gasteiger partial charge in [0.15, 0.2) is 0 Å². The molecule has 0 heterocycles. The molecule has 2 heteroatoms. The zero-order chi connectivity index (χ0) is 12.8. The van der Waals surface area contributed by atoms with Gasteiger partial charge in [-0.3, -0.25) is 0 Å². The van der Waals surface area contributed by atoms with Crippen LogP contribution in [-0.4, -0.2) is 19.7 Å². The molecule has 2 rings (SSSR count). The van der Waals surface area contributed by atoms with Crippen LogP contribution in [0.5, 0.6) is 5.75 Å². The van der Waals surface area contributed by atoms with E-state index in [0.717, 1.165) is 31.1 Å². The van der Waals surface area contributed by atoms with E-state index in [9.17, 15) is 0 Å². The second kappa shape index (κ2) is 6.79. The van der Waals surface area contributed by atoms with Gasteiger partial charge in [0.2, 0.25) is 0 Å². The second-order valence-electron chi connectivity index (χ2n) is 5.26. The maximum atomic E-state index is 5.59. The standard InChI is InChI=1S/C16H25NO/c1-3-12-18-15-9-4-13(5-10-15)6-11-16(17-2)14-7-8-14/h4-5,9-10,14,16-17H,3,6-8,11-12H2,1-2H3. The van der Waals surface area contributed by atoms with Crippen molar-refractivity contribution in [1.82, 2.24) is 5.32 Å². The minimum atomic E-state index is 0.709. The summed E-state index contributed by atoms with van der Waals surface area (Å²) in [6.07, 6.45) is 6.30. The highest BCUT2D eigenvalue weighted by atomic mass is 16.5. The molecule has 0 aliphatic heterocycles. The number of nitrogens with one attached hydrogen (secondary N) is 1. The van der Waals surface area contributed by atoms with Gasteiger partial charge < -0.3 is 10.1 Å². The van der Waals surface area contributed by atoms with Gasteiger partial charge in [0.1, 0.15) is 5.75 Å². The average molecular weight is 247 g/mol.